The number of rotatable bonds is 11. The fourth-order valence-corrected chi connectivity index (χ4v) is 7.05. The quantitative estimate of drug-likeness (QED) is 0.0937. The van der Waals surface area contributed by atoms with Gasteiger partial charge in [0, 0.05) is 27.8 Å². The smallest absolute Gasteiger partial charge is 0.341 e. The summed E-state index contributed by atoms with van der Waals surface area (Å²) in [5.74, 6) is -1.56. The molecule has 0 unspecified atom stereocenters. The number of halogens is 1. The Morgan fingerprint density at radius 2 is 1.93 bits per heavy atom. The van der Waals surface area contributed by atoms with E-state index in [1.165, 1.54) is 53.8 Å². The molecule has 0 saturated carbocycles. The molecule has 5 rings (SSSR count). The highest BCUT2D eigenvalue weighted by atomic mass is 32.2. The Hall–Kier alpha value is -4.63. The van der Waals surface area contributed by atoms with Crippen molar-refractivity contribution in [2.75, 3.05) is 11.9 Å². The van der Waals surface area contributed by atoms with Crippen molar-refractivity contribution in [1.29, 1.82) is 0 Å². The first-order valence-electron chi connectivity index (χ1n) is 14.1. The van der Waals surface area contributed by atoms with Crippen LogP contribution in [0.1, 0.15) is 62.8 Å². The third kappa shape index (κ3) is 6.88. The number of esters is 1. The number of nitro benzene ring substituents is 1. The predicted molar refractivity (Wildman–Crippen MR) is 167 cm³/mol. The molecule has 1 aliphatic carbocycles. The van der Waals surface area contributed by atoms with E-state index in [0.717, 1.165) is 41.5 Å². The molecule has 1 aliphatic rings. The second-order valence-corrected chi connectivity index (χ2v) is 12.6. The number of carbonyl (C=O) groups excluding carboxylic acids is 3. The molecule has 0 aliphatic heterocycles. The van der Waals surface area contributed by atoms with Crippen LogP contribution < -0.4 is 10.6 Å². The van der Waals surface area contributed by atoms with Crippen LogP contribution in [-0.4, -0.2) is 49.3 Å². The lowest BCUT2D eigenvalue weighted by Gasteiger charge is -2.14. The van der Waals surface area contributed by atoms with Gasteiger partial charge in [0.25, 0.3) is 11.6 Å². The largest absolute Gasteiger partial charge is 0.462 e. The summed E-state index contributed by atoms with van der Waals surface area (Å²) in [6.07, 6.45) is 2.54. The van der Waals surface area contributed by atoms with Gasteiger partial charge in [-0.05, 0) is 75.9 Å². The van der Waals surface area contributed by atoms with Gasteiger partial charge >= 0.3 is 5.97 Å². The highest BCUT2D eigenvalue weighted by Crippen LogP contribution is 2.40. The topological polar surface area (TPSA) is 158 Å². The van der Waals surface area contributed by atoms with E-state index in [1.54, 1.807) is 25.3 Å². The van der Waals surface area contributed by atoms with Crippen molar-refractivity contribution in [3.05, 3.63) is 91.4 Å². The third-order valence-corrected chi connectivity index (χ3v) is 9.40. The van der Waals surface area contributed by atoms with Gasteiger partial charge in [0.15, 0.2) is 11.0 Å². The first-order valence-corrected chi connectivity index (χ1v) is 15.8. The van der Waals surface area contributed by atoms with Crippen molar-refractivity contribution in [3.8, 4) is 5.69 Å². The van der Waals surface area contributed by atoms with Crippen molar-refractivity contribution < 1.29 is 28.4 Å². The number of anilines is 1. The SMILES string of the molecule is CCOC(=O)c1c(NC(=O)[C@@H](C)Sc2nnc(CNC(=O)c3ccc(C)c([N+](=O)[O-])c3)n2-c2ccc(F)cc2)sc2c1CCC2. The minimum atomic E-state index is -0.698. The molecule has 2 amide bonds. The van der Waals surface area contributed by atoms with E-state index >= 15 is 0 Å². The average Bonchev–Trinajstić information content (AvgIpc) is 3.71. The molecule has 2 heterocycles. The number of thioether (sulfide) groups is 1. The van der Waals surface area contributed by atoms with Crippen LogP contribution in [0.2, 0.25) is 0 Å². The summed E-state index contributed by atoms with van der Waals surface area (Å²) in [6, 6.07) is 9.74. The molecule has 4 aromatic rings. The Morgan fingerprint density at radius 1 is 1.18 bits per heavy atom. The number of fused-ring (bicyclic) bond motifs is 1. The summed E-state index contributed by atoms with van der Waals surface area (Å²) < 4.78 is 20.6. The van der Waals surface area contributed by atoms with E-state index < -0.39 is 27.9 Å². The molecule has 234 valence electrons. The van der Waals surface area contributed by atoms with Crippen LogP contribution in [0.25, 0.3) is 5.69 Å². The molecule has 2 aromatic carbocycles. The van der Waals surface area contributed by atoms with Gasteiger partial charge in [0.05, 0.1) is 28.9 Å². The Bertz CT molecular complexity index is 1790. The molecule has 15 heteroatoms. The normalized spacial score (nSPS) is 12.8. The van der Waals surface area contributed by atoms with Crippen LogP contribution in [0.3, 0.4) is 0 Å². The summed E-state index contributed by atoms with van der Waals surface area (Å²) in [5, 5.41) is 25.4. The predicted octanol–water partition coefficient (Wildman–Crippen LogP) is 5.40. The van der Waals surface area contributed by atoms with E-state index in [-0.39, 0.29) is 36.1 Å². The number of aryl methyl sites for hydroxylation is 2. The number of hydrogen-bond donors (Lipinski definition) is 2. The van der Waals surface area contributed by atoms with Crippen molar-refractivity contribution >= 4 is 51.6 Å². The minimum absolute atomic E-state index is 0.0989. The van der Waals surface area contributed by atoms with E-state index in [4.69, 9.17) is 4.74 Å². The Labute approximate surface area is 265 Å². The number of nitrogens with one attached hydrogen (secondary N) is 2. The standard InChI is InChI=1S/C30H29FN6O6S2/c1-4-43-29(40)25-21-6-5-7-23(21)45-28(25)33-26(38)17(3)44-30-35-34-24(36(30)20-12-10-19(31)11-13-20)15-32-27(39)18-9-8-16(2)22(14-18)37(41)42/h8-14,17H,4-7,15H2,1-3H3,(H,32,39)(H,33,38)/t17-/m1/s1. The molecule has 0 bridgehead atoms. The lowest BCUT2D eigenvalue weighted by atomic mass is 10.1. The second kappa shape index (κ2) is 13.6. The maximum atomic E-state index is 13.8. The molecule has 0 fully saturated rings. The fraction of sp³-hybridized carbons (Fsp3) is 0.300. The van der Waals surface area contributed by atoms with E-state index in [0.29, 0.717) is 27.0 Å². The van der Waals surface area contributed by atoms with Gasteiger partial charge < -0.3 is 15.4 Å². The molecule has 12 nitrogen and oxygen atoms in total. The highest BCUT2D eigenvalue weighted by molar-refractivity contribution is 8.00. The van der Waals surface area contributed by atoms with Gasteiger partial charge in [-0.3, -0.25) is 24.3 Å². The van der Waals surface area contributed by atoms with Gasteiger partial charge in [-0.25, -0.2) is 9.18 Å². The Balaban J connectivity index is 1.36. The number of aromatic nitrogens is 3. The molecular formula is C30H29FN6O6S2. The number of benzene rings is 2. The fourth-order valence-electron chi connectivity index (χ4n) is 4.89. The molecule has 0 spiro atoms. The van der Waals surface area contributed by atoms with Gasteiger partial charge in [0.2, 0.25) is 5.91 Å². The number of nitrogens with zero attached hydrogens (tertiary/aromatic N) is 4. The lowest BCUT2D eigenvalue weighted by molar-refractivity contribution is -0.385. The first kappa shape index (κ1) is 31.8. The van der Waals surface area contributed by atoms with Crippen molar-refractivity contribution in [1.82, 2.24) is 20.1 Å². The molecule has 0 saturated heterocycles. The zero-order valence-corrected chi connectivity index (χ0v) is 26.2. The zero-order valence-electron chi connectivity index (χ0n) is 24.6. The van der Waals surface area contributed by atoms with Crippen LogP contribution in [0.15, 0.2) is 47.6 Å². The van der Waals surface area contributed by atoms with Crippen LogP contribution >= 0.6 is 23.1 Å². The van der Waals surface area contributed by atoms with Gasteiger partial charge in [-0.2, -0.15) is 0 Å². The molecule has 2 N–H and O–H groups in total. The number of hydrogen-bond acceptors (Lipinski definition) is 10. The van der Waals surface area contributed by atoms with E-state index in [2.05, 4.69) is 20.8 Å². The summed E-state index contributed by atoms with van der Waals surface area (Å²) in [4.78, 5) is 50.8. The zero-order chi connectivity index (χ0) is 32.2. The number of nitro groups is 1. The van der Waals surface area contributed by atoms with Crippen molar-refractivity contribution in [2.24, 2.45) is 0 Å². The molecule has 2 aromatic heterocycles. The van der Waals surface area contributed by atoms with Gasteiger partial charge in [-0.1, -0.05) is 17.8 Å². The monoisotopic (exact) mass is 652 g/mol. The van der Waals surface area contributed by atoms with Gasteiger partial charge in [0.1, 0.15) is 10.8 Å². The van der Waals surface area contributed by atoms with Crippen LogP contribution in [0.5, 0.6) is 0 Å². The summed E-state index contributed by atoms with van der Waals surface area (Å²) in [7, 11) is 0. The second-order valence-electron chi connectivity index (χ2n) is 10.2. The van der Waals surface area contributed by atoms with E-state index in [9.17, 15) is 28.9 Å². The first-order chi connectivity index (χ1) is 21.6. The molecule has 45 heavy (non-hydrogen) atoms. The summed E-state index contributed by atoms with van der Waals surface area (Å²) in [6.45, 7) is 5.09. The van der Waals surface area contributed by atoms with Crippen molar-refractivity contribution in [2.45, 2.75) is 57.0 Å². The Kier molecular flexibility index (Phi) is 9.58. The number of carbonyl (C=O) groups is 3. The number of thiophene rings is 1. The van der Waals surface area contributed by atoms with Crippen molar-refractivity contribution in [3.63, 3.8) is 0 Å². The molecule has 1 atom stereocenters. The van der Waals surface area contributed by atoms with E-state index in [1.807, 2.05) is 0 Å². The highest BCUT2D eigenvalue weighted by Gasteiger charge is 2.30. The van der Waals surface area contributed by atoms with Gasteiger partial charge in [-0.15, -0.1) is 21.5 Å². The maximum absolute atomic E-state index is 13.8. The van der Waals surface area contributed by atoms with Crippen LogP contribution in [0, 0.1) is 22.9 Å². The van der Waals surface area contributed by atoms with Crippen LogP contribution in [-0.2, 0) is 28.9 Å². The number of amides is 2. The van der Waals surface area contributed by atoms with Crippen LogP contribution in [0.4, 0.5) is 15.1 Å². The molecular weight excluding hydrogens is 623 g/mol. The summed E-state index contributed by atoms with van der Waals surface area (Å²) in [5.41, 5.74) is 2.17. The minimum Gasteiger partial charge on any atom is -0.462 e. The average molecular weight is 653 g/mol. The maximum Gasteiger partial charge on any atom is 0.341 e. The molecule has 0 radical (unpaired) electrons. The Morgan fingerprint density at radius 3 is 2.64 bits per heavy atom. The third-order valence-electron chi connectivity index (χ3n) is 7.15. The number of ether oxygens (including phenoxy) is 1. The summed E-state index contributed by atoms with van der Waals surface area (Å²) >= 11 is 2.48. The lowest BCUT2D eigenvalue weighted by Crippen LogP contribution is -2.25.